The van der Waals surface area contributed by atoms with Crippen molar-refractivity contribution in [2.24, 2.45) is 0 Å². The molecule has 0 amide bonds. The molecule has 0 nitrogen and oxygen atoms in total. The summed E-state index contributed by atoms with van der Waals surface area (Å²) in [6.45, 7) is 0. The van der Waals surface area contributed by atoms with Crippen LogP contribution in [0.3, 0.4) is 0 Å². The van der Waals surface area contributed by atoms with Crippen molar-refractivity contribution >= 4 is 54.8 Å². The summed E-state index contributed by atoms with van der Waals surface area (Å²) in [5, 5.41) is 1.60. The Bertz CT molecular complexity index is 535. The Morgan fingerprint density at radius 1 is 1.05 bits per heavy atom. The number of hydrogen-bond donors (Lipinski definition) is 0. The molecule has 2 rings (SSSR count). The fourth-order valence-electron chi connectivity index (χ4n) is 1.97. The summed E-state index contributed by atoms with van der Waals surface area (Å²) in [5.41, 5.74) is 1.02. The lowest BCUT2D eigenvalue weighted by atomic mass is 9.81. The number of rotatable bonds is 5. The van der Waals surface area contributed by atoms with Gasteiger partial charge in [-0.3, -0.25) is 0 Å². The quantitative estimate of drug-likeness (QED) is 0.529. The molecule has 2 aromatic rings. The predicted molar refractivity (Wildman–Crippen MR) is 88.7 cm³/mol. The fraction of sp³-hybridized carbons (Fsp3) is 0.286. The third-order valence-corrected chi connectivity index (χ3v) is 6.49. The van der Waals surface area contributed by atoms with Gasteiger partial charge in [-0.15, -0.1) is 11.3 Å². The van der Waals surface area contributed by atoms with Gasteiger partial charge in [-0.25, -0.2) is 4.39 Å². The normalized spacial score (nSPS) is 11.8. The maximum absolute atomic E-state index is 13.1. The maximum Gasteiger partial charge on any atom is 0.123 e. The highest BCUT2D eigenvalue weighted by Gasteiger charge is 2.31. The highest BCUT2D eigenvalue weighted by atomic mass is 79.9. The van der Waals surface area contributed by atoms with E-state index in [1.807, 2.05) is 18.2 Å². The Morgan fingerprint density at radius 3 is 2.16 bits per heavy atom. The lowest BCUT2D eigenvalue weighted by molar-refractivity contribution is 0.552. The van der Waals surface area contributed by atoms with Crippen LogP contribution in [0.25, 0.3) is 0 Å². The molecule has 1 aromatic carbocycles. The van der Waals surface area contributed by atoms with E-state index in [0.29, 0.717) is 0 Å². The second kappa shape index (κ2) is 6.70. The first kappa shape index (κ1) is 15.5. The van der Waals surface area contributed by atoms with Crippen molar-refractivity contribution in [1.29, 1.82) is 0 Å². The lowest BCUT2D eigenvalue weighted by Gasteiger charge is -2.30. The Morgan fingerprint density at radius 2 is 1.68 bits per heavy atom. The van der Waals surface area contributed by atoms with Gasteiger partial charge in [-0.2, -0.15) is 0 Å². The van der Waals surface area contributed by atoms with E-state index < -0.39 is 0 Å². The molecular formula is C14H12Br2ClFS. The molecule has 0 atom stereocenters. The smallest absolute Gasteiger partial charge is 0.123 e. The van der Waals surface area contributed by atoms with Crippen LogP contribution >= 0.6 is 54.8 Å². The van der Waals surface area contributed by atoms with Gasteiger partial charge >= 0.3 is 0 Å². The molecule has 0 unspecified atom stereocenters. The first-order valence-electron chi connectivity index (χ1n) is 5.72. The van der Waals surface area contributed by atoms with E-state index >= 15 is 0 Å². The van der Waals surface area contributed by atoms with Gasteiger partial charge in [0.15, 0.2) is 0 Å². The van der Waals surface area contributed by atoms with Crippen LogP contribution in [0.4, 0.5) is 4.39 Å². The Labute approximate surface area is 138 Å². The number of halogens is 4. The largest absolute Gasteiger partial charge is 0.207 e. The Balaban J connectivity index is 2.33. The molecule has 19 heavy (non-hydrogen) atoms. The molecule has 1 heterocycles. The van der Waals surface area contributed by atoms with E-state index in [-0.39, 0.29) is 11.2 Å². The molecule has 0 spiro atoms. The van der Waals surface area contributed by atoms with Gasteiger partial charge in [0.25, 0.3) is 0 Å². The van der Waals surface area contributed by atoms with Crippen LogP contribution in [0.5, 0.6) is 0 Å². The van der Waals surface area contributed by atoms with Crippen LogP contribution in [-0.4, -0.2) is 10.7 Å². The maximum atomic E-state index is 13.1. The van der Waals surface area contributed by atoms with Gasteiger partial charge in [-0.05, 0) is 36.2 Å². The van der Waals surface area contributed by atoms with Gasteiger partial charge in [0, 0.05) is 21.0 Å². The zero-order valence-corrected chi connectivity index (χ0v) is 14.7. The molecule has 1 aromatic heterocycles. The number of hydrogen-bond acceptors (Lipinski definition) is 1. The second-order valence-corrected chi connectivity index (χ2v) is 7.36. The van der Waals surface area contributed by atoms with E-state index in [4.69, 9.17) is 11.6 Å². The summed E-state index contributed by atoms with van der Waals surface area (Å²) in [4.78, 5) is 1.23. The molecule has 0 aliphatic rings. The standard InChI is InChI=1S/C14H12Br2ClFS/c15-8-14(9-16,7-12-5-6-13(17)19-12)10-1-3-11(18)4-2-10/h1-6H,7-9H2. The summed E-state index contributed by atoms with van der Waals surface area (Å²) in [7, 11) is 0. The van der Waals surface area contributed by atoms with Crippen molar-refractivity contribution in [3.05, 3.63) is 57.0 Å². The van der Waals surface area contributed by atoms with Gasteiger partial charge in [-0.1, -0.05) is 55.6 Å². The summed E-state index contributed by atoms with van der Waals surface area (Å²) in [6.07, 6.45) is 0.868. The SMILES string of the molecule is Fc1ccc(C(CBr)(CBr)Cc2ccc(Cl)s2)cc1. The highest BCUT2D eigenvalue weighted by Crippen LogP contribution is 2.35. The Hall–Kier alpha value is 0.1000. The average molecular weight is 427 g/mol. The summed E-state index contributed by atoms with van der Waals surface area (Å²) < 4.78 is 13.9. The van der Waals surface area contributed by atoms with E-state index in [9.17, 15) is 4.39 Å². The molecule has 0 N–H and O–H groups in total. The molecule has 0 fully saturated rings. The van der Waals surface area contributed by atoms with E-state index in [1.54, 1.807) is 11.3 Å². The van der Waals surface area contributed by atoms with Gasteiger partial charge in [0.05, 0.1) is 4.34 Å². The monoisotopic (exact) mass is 424 g/mol. The van der Waals surface area contributed by atoms with Crippen molar-refractivity contribution in [2.45, 2.75) is 11.8 Å². The summed E-state index contributed by atoms with van der Waals surface area (Å²) >= 11 is 14.8. The van der Waals surface area contributed by atoms with Crippen LogP contribution in [-0.2, 0) is 11.8 Å². The molecule has 0 saturated heterocycles. The van der Waals surface area contributed by atoms with Gasteiger partial charge in [0.1, 0.15) is 5.82 Å². The first-order chi connectivity index (χ1) is 9.09. The number of thiophene rings is 1. The predicted octanol–water partition coefficient (Wildman–Crippen LogP) is 5.81. The molecule has 102 valence electrons. The molecule has 0 bridgehead atoms. The summed E-state index contributed by atoms with van der Waals surface area (Å²) in [6, 6.07) is 10.7. The van der Waals surface area contributed by atoms with E-state index in [0.717, 1.165) is 27.0 Å². The first-order valence-corrected chi connectivity index (χ1v) is 9.15. The average Bonchev–Trinajstić information content (AvgIpc) is 2.82. The fourth-order valence-corrected chi connectivity index (χ4v) is 5.17. The second-order valence-electron chi connectivity index (χ2n) is 4.44. The molecular weight excluding hydrogens is 414 g/mol. The van der Waals surface area contributed by atoms with Crippen molar-refractivity contribution in [1.82, 2.24) is 0 Å². The van der Waals surface area contributed by atoms with Crippen LogP contribution < -0.4 is 0 Å². The minimum atomic E-state index is -0.207. The Kier molecular flexibility index (Phi) is 5.46. The van der Waals surface area contributed by atoms with Crippen LogP contribution in [0, 0.1) is 5.82 Å². The number of benzene rings is 1. The third kappa shape index (κ3) is 3.60. The minimum absolute atomic E-state index is 0.0954. The van der Waals surface area contributed by atoms with Gasteiger partial charge in [0.2, 0.25) is 0 Å². The van der Waals surface area contributed by atoms with Crippen molar-refractivity contribution in [3.8, 4) is 0 Å². The van der Waals surface area contributed by atoms with E-state index in [1.165, 1.54) is 17.0 Å². The van der Waals surface area contributed by atoms with Crippen molar-refractivity contribution < 1.29 is 4.39 Å². The van der Waals surface area contributed by atoms with Crippen LogP contribution in [0.1, 0.15) is 10.4 Å². The summed E-state index contributed by atoms with van der Waals surface area (Å²) in [5.74, 6) is -0.207. The minimum Gasteiger partial charge on any atom is -0.207 e. The van der Waals surface area contributed by atoms with Crippen molar-refractivity contribution in [2.75, 3.05) is 10.7 Å². The molecule has 0 aliphatic heterocycles. The van der Waals surface area contributed by atoms with E-state index in [2.05, 4.69) is 37.9 Å². The zero-order valence-electron chi connectivity index (χ0n) is 10.0. The zero-order chi connectivity index (χ0) is 13.9. The third-order valence-electron chi connectivity index (χ3n) is 3.11. The number of alkyl halides is 2. The van der Waals surface area contributed by atoms with Gasteiger partial charge < -0.3 is 0 Å². The molecule has 0 aliphatic carbocycles. The molecule has 0 saturated carbocycles. The van der Waals surface area contributed by atoms with Crippen LogP contribution in [0.15, 0.2) is 36.4 Å². The molecule has 5 heteroatoms. The highest BCUT2D eigenvalue weighted by molar-refractivity contribution is 9.09. The van der Waals surface area contributed by atoms with Crippen molar-refractivity contribution in [3.63, 3.8) is 0 Å². The van der Waals surface area contributed by atoms with Crippen LogP contribution in [0.2, 0.25) is 4.34 Å². The molecule has 0 radical (unpaired) electrons. The topological polar surface area (TPSA) is 0 Å². The lowest BCUT2D eigenvalue weighted by Crippen LogP contribution is -2.32.